The van der Waals surface area contributed by atoms with Crippen molar-refractivity contribution < 1.29 is 4.79 Å². The van der Waals surface area contributed by atoms with Crippen LogP contribution in [0.5, 0.6) is 0 Å². The van der Waals surface area contributed by atoms with E-state index in [0.29, 0.717) is 18.0 Å². The Balaban J connectivity index is 1.57. The summed E-state index contributed by atoms with van der Waals surface area (Å²) in [5.74, 6) is 1.35. The topological polar surface area (TPSA) is 63.1 Å². The SMILES string of the molecule is Cc1c(C(=O)NCC[C@@H]2CCCN(C)C2)cnn1-c1ccccn1. The highest BCUT2D eigenvalue weighted by Crippen LogP contribution is 2.18. The van der Waals surface area contributed by atoms with E-state index >= 15 is 0 Å². The highest BCUT2D eigenvalue weighted by Gasteiger charge is 2.18. The van der Waals surface area contributed by atoms with Crippen molar-refractivity contribution in [3.8, 4) is 5.82 Å². The lowest BCUT2D eigenvalue weighted by atomic mass is 9.95. The summed E-state index contributed by atoms with van der Waals surface area (Å²) < 4.78 is 1.70. The van der Waals surface area contributed by atoms with Crippen LogP contribution in [0.25, 0.3) is 5.82 Å². The summed E-state index contributed by atoms with van der Waals surface area (Å²) in [6.07, 6.45) is 6.89. The molecule has 1 fully saturated rings. The molecule has 3 rings (SSSR count). The van der Waals surface area contributed by atoms with Gasteiger partial charge in [-0.15, -0.1) is 0 Å². The Hall–Kier alpha value is -2.21. The number of nitrogens with zero attached hydrogens (tertiary/aromatic N) is 4. The Morgan fingerprint density at radius 1 is 1.42 bits per heavy atom. The Morgan fingerprint density at radius 3 is 3.04 bits per heavy atom. The normalized spacial score (nSPS) is 18.5. The van der Waals surface area contributed by atoms with Crippen LogP contribution in [0.3, 0.4) is 0 Å². The first-order valence-corrected chi connectivity index (χ1v) is 8.58. The molecule has 0 spiro atoms. The van der Waals surface area contributed by atoms with Crippen molar-refractivity contribution in [2.24, 2.45) is 5.92 Å². The number of likely N-dealkylation sites (tertiary alicyclic amines) is 1. The summed E-state index contributed by atoms with van der Waals surface area (Å²) in [4.78, 5) is 19.1. The van der Waals surface area contributed by atoms with Crippen LogP contribution in [0, 0.1) is 12.8 Å². The molecule has 24 heavy (non-hydrogen) atoms. The van der Waals surface area contributed by atoms with Crippen molar-refractivity contribution in [1.82, 2.24) is 25.0 Å². The van der Waals surface area contributed by atoms with E-state index in [1.54, 1.807) is 17.1 Å². The number of hydrogen-bond donors (Lipinski definition) is 1. The Labute approximate surface area is 142 Å². The fourth-order valence-electron chi connectivity index (χ4n) is 3.34. The summed E-state index contributed by atoms with van der Waals surface area (Å²) in [6.45, 7) is 4.93. The van der Waals surface area contributed by atoms with Crippen LogP contribution in [0.1, 0.15) is 35.3 Å². The number of nitrogens with one attached hydrogen (secondary N) is 1. The molecule has 3 heterocycles. The number of piperidine rings is 1. The molecule has 128 valence electrons. The zero-order valence-electron chi connectivity index (χ0n) is 14.4. The lowest BCUT2D eigenvalue weighted by molar-refractivity contribution is 0.0947. The minimum absolute atomic E-state index is 0.0566. The highest BCUT2D eigenvalue weighted by molar-refractivity contribution is 5.95. The lowest BCUT2D eigenvalue weighted by Crippen LogP contribution is -2.34. The van der Waals surface area contributed by atoms with Crippen molar-refractivity contribution in [3.05, 3.63) is 41.9 Å². The van der Waals surface area contributed by atoms with Gasteiger partial charge in [0.2, 0.25) is 0 Å². The van der Waals surface area contributed by atoms with Gasteiger partial charge >= 0.3 is 0 Å². The largest absolute Gasteiger partial charge is 0.352 e. The molecule has 1 N–H and O–H groups in total. The molecule has 0 saturated carbocycles. The van der Waals surface area contributed by atoms with Crippen LogP contribution < -0.4 is 5.32 Å². The summed E-state index contributed by atoms with van der Waals surface area (Å²) in [5.41, 5.74) is 1.42. The van der Waals surface area contributed by atoms with E-state index in [1.807, 2.05) is 25.1 Å². The zero-order valence-corrected chi connectivity index (χ0v) is 14.4. The van der Waals surface area contributed by atoms with Gasteiger partial charge < -0.3 is 10.2 Å². The molecule has 0 aromatic carbocycles. The molecular formula is C18H25N5O. The van der Waals surface area contributed by atoms with Gasteiger partial charge in [-0.25, -0.2) is 9.67 Å². The van der Waals surface area contributed by atoms with E-state index in [1.165, 1.54) is 19.4 Å². The maximum atomic E-state index is 12.4. The molecule has 0 bridgehead atoms. The van der Waals surface area contributed by atoms with Crippen LogP contribution in [-0.2, 0) is 0 Å². The average Bonchev–Trinajstić information content (AvgIpc) is 2.97. The molecule has 0 unspecified atom stereocenters. The first-order chi connectivity index (χ1) is 11.6. The van der Waals surface area contributed by atoms with Gasteiger partial charge in [-0.05, 0) is 57.8 Å². The molecule has 0 aliphatic carbocycles. The van der Waals surface area contributed by atoms with E-state index < -0.39 is 0 Å². The molecule has 2 aromatic heterocycles. The van der Waals surface area contributed by atoms with Crippen LogP contribution >= 0.6 is 0 Å². The molecule has 2 aromatic rings. The predicted molar refractivity (Wildman–Crippen MR) is 93.3 cm³/mol. The number of carbonyl (C=O) groups is 1. The van der Waals surface area contributed by atoms with Crippen molar-refractivity contribution in [3.63, 3.8) is 0 Å². The van der Waals surface area contributed by atoms with Crippen LogP contribution in [0.4, 0.5) is 0 Å². The maximum Gasteiger partial charge on any atom is 0.254 e. The summed E-state index contributed by atoms with van der Waals surface area (Å²) in [6, 6.07) is 5.64. The third-order valence-electron chi connectivity index (χ3n) is 4.68. The molecule has 6 heteroatoms. The van der Waals surface area contributed by atoms with E-state index in [4.69, 9.17) is 0 Å². The monoisotopic (exact) mass is 327 g/mol. The molecule has 1 atom stereocenters. The lowest BCUT2D eigenvalue weighted by Gasteiger charge is -2.29. The standard InChI is InChI=1S/C18H25N5O/c1-14-16(12-21-23(14)17-7-3-4-9-19-17)18(24)20-10-8-15-6-5-11-22(2)13-15/h3-4,7,9,12,15H,5-6,8,10-11,13H2,1-2H3,(H,20,24)/t15-/m0/s1. The second kappa shape index (κ2) is 7.57. The molecular weight excluding hydrogens is 302 g/mol. The minimum atomic E-state index is -0.0566. The number of aromatic nitrogens is 3. The Bertz CT molecular complexity index is 682. The second-order valence-corrected chi connectivity index (χ2v) is 6.56. The van der Waals surface area contributed by atoms with E-state index in [0.717, 1.165) is 24.5 Å². The number of hydrogen-bond acceptors (Lipinski definition) is 4. The van der Waals surface area contributed by atoms with E-state index in [-0.39, 0.29) is 5.91 Å². The fraction of sp³-hybridized carbons (Fsp3) is 0.500. The fourth-order valence-corrected chi connectivity index (χ4v) is 3.34. The van der Waals surface area contributed by atoms with Gasteiger partial charge in [0.05, 0.1) is 17.5 Å². The third kappa shape index (κ3) is 3.82. The van der Waals surface area contributed by atoms with Crippen molar-refractivity contribution in [2.45, 2.75) is 26.2 Å². The van der Waals surface area contributed by atoms with Crippen molar-refractivity contribution >= 4 is 5.91 Å². The Morgan fingerprint density at radius 2 is 2.29 bits per heavy atom. The number of amides is 1. The molecule has 6 nitrogen and oxygen atoms in total. The van der Waals surface area contributed by atoms with Gasteiger partial charge in [-0.1, -0.05) is 6.07 Å². The molecule has 1 saturated heterocycles. The van der Waals surface area contributed by atoms with Gasteiger partial charge in [0, 0.05) is 19.3 Å². The van der Waals surface area contributed by atoms with Crippen LogP contribution in [-0.4, -0.2) is 52.3 Å². The van der Waals surface area contributed by atoms with Gasteiger partial charge in [-0.3, -0.25) is 4.79 Å². The van der Waals surface area contributed by atoms with Gasteiger partial charge in [0.25, 0.3) is 5.91 Å². The van der Waals surface area contributed by atoms with Crippen molar-refractivity contribution in [1.29, 1.82) is 0 Å². The van der Waals surface area contributed by atoms with Crippen LogP contribution in [0.15, 0.2) is 30.6 Å². The Kier molecular flexibility index (Phi) is 5.25. The predicted octanol–water partition coefficient (Wildman–Crippen LogP) is 2.04. The van der Waals surface area contributed by atoms with E-state index in [9.17, 15) is 4.79 Å². The van der Waals surface area contributed by atoms with Gasteiger partial charge in [0.15, 0.2) is 5.82 Å². The minimum Gasteiger partial charge on any atom is -0.352 e. The first kappa shape index (κ1) is 16.6. The molecule has 1 aliphatic rings. The van der Waals surface area contributed by atoms with Gasteiger partial charge in [0.1, 0.15) is 0 Å². The third-order valence-corrected chi connectivity index (χ3v) is 4.68. The van der Waals surface area contributed by atoms with Crippen molar-refractivity contribution in [2.75, 3.05) is 26.7 Å². The number of carbonyl (C=O) groups excluding carboxylic acids is 1. The summed E-state index contributed by atoms with van der Waals surface area (Å²) in [7, 11) is 2.17. The second-order valence-electron chi connectivity index (χ2n) is 6.56. The van der Waals surface area contributed by atoms with Crippen LogP contribution in [0.2, 0.25) is 0 Å². The van der Waals surface area contributed by atoms with E-state index in [2.05, 4.69) is 27.3 Å². The average molecular weight is 327 g/mol. The number of pyridine rings is 1. The summed E-state index contributed by atoms with van der Waals surface area (Å²) in [5, 5.41) is 7.34. The molecule has 0 radical (unpaired) electrons. The summed E-state index contributed by atoms with van der Waals surface area (Å²) >= 11 is 0. The quantitative estimate of drug-likeness (QED) is 0.913. The maximum absolute atomic E-state index is 12.4. The smallest absolute Gasteiger partial charge is 0.254 e. The molecule has 1 aliphatic heterocycles. The first-order valence-electron chi connectivity index (χ1n) is 8.58. The zero-order chi connectivity index (χ0) is 16.9. The molecule has 1 amide bonds. The van der Waals surface area contributed by atoms with Gasteiger partial charge in [-0.2, -0.15) is 5.10 Å². The highest BCUT2D eigenvalue weighted by atomic mass is 16.1. The number of rotatable bonds is 5.